The van der Waals surface area contributed by atoms with Gasteiger partial charge in [-0.1, -0.05) is 0 Å². The second-order valence-corrected chi connectivity index (χ2v) is 8.80. The van der Waals surface area contributed by atoms with Crippen LogP contribution in [0.3, 0.4) is 0 Å². The summed E-state index contributed by atoms with van der Waals surface area (Å²) in [7, 11) is -3.30. The highest BCUT2D eigenvalue weighted by Gasteiger charge is 2.52. The van der Waals surface area contributed by atoms with Gasteiger partial charge in [0.15, 0.2) is 0 Å². The summed E-state index contributed by atoms with van der Waals surface area (Å²) in [5, 5.41) is 4.26. The minimum Gasteiger partial charge on any atom is -0.245 e. The lowest BCUT2D eigenvalue weighted by atomic mass is 9.53. The fourth-order valence-corrected chi connectivity index (χ4v) is 5.47. The van der Waals surface area contributed by atoms with Crippen LogP contribution in [0.15, 0.2) is 11.5 Å². The minimum absolute atomic E-state index is 0.0248. The first-order valence-electron chi connectivity index (χ1n) is 7.07. The van der Waals surface area contributed by atoms with E-state index in [-0.39, 0.29) is 10.7 Å². The Morgan fingerprint density at radius 2 is 1.68 bits per heavy atom. The molecule has 0 radical (unpaired) electrons. The lowest BCUT2D eigenvalue weighted by Gasteiger charge is -2.56. The Morgan fingerprint density at radius 1 is 1.16 bits per heavy atom. The van der Waals surface area contributed by atoms with Crippen LogP contribution in [0.1, 0.15) is 38.5 Å². The zero-order chi connectivity index (χ0) is 13.3. The summed E-state index contributed by atoms with van der Waals surface area (Å²) in [6, 6.07) is 0. The molecule has 0 N–H and O–H groups in total. The van der Waals surface area contributed by atoms with Crippen molar-refractivity contribution in [2.45, 2.75) is 49.2 Å². The predicted octanol–water partition coefficient (Wildman–Crippen LogP) is 1.61. The second-order valence-electron chi connectivity index (χ2n) is 6.89. The molecule has 1 aromatic rings. The molecule has 1 heterocycles. The molecule has 0 spiro atoms. The van der Waals surface area contributed by atoms with Gasteiger partial charge < -0.3 is 0 Å². The summed E-state index contributed by atoms with van der Waals surface area (Å²) in [5.74, 6) is 2.45. The van der Waals surface area contributed by atoms with E-state index >= 15 is 0 Å². The SMILES string of the molecule is CS(=O)(=O)c1ncn(C23CC4CC(CC(C4)C2)C3)n1. The third-order valence-corrected chi connectivity index (χ3v) is 6.14. The molecule has 4 aliphatic carbocycles. The lowest BCUT2D eigenvalue weighted by Crippen LogP contribution is -2.52. The zero-order valence-electron chi connectivity index (χ0n) is 11.1. The Balaban J connectivity index is 1.74. The molecule has 5 rings (SSSR count). The summed E-state index contributed by atoms with van der Waals surface area (Å²) >= 11 is 0. The number of nitrogens with zero attached hydrogens (tertiary/aromatic N) is 3. The van der Waals surface area contributed by atoms with Gasteiger partial charge in [0.1, 0.15) is 6.33 Å². The number of hydrogen-bond acceptors (Lipinski definition) is 4. The first-order chi connectivity index (χ1) is 8.95. The monoisotopic (exact) mass is 281 g/mol. The smallest absolute Gasteiger partial charge is 0.245 e. The molecule has 0 atom stereocenters. The Kier molecular flexibility index (Phi) is 2.25. The Bertz CT molecular complexity index is 584. The van der Waals surface area contributed by atoms with Gasteiger partial charge in [0, 0.05) is 6.26 Å². The van der Waals surface area contributed by atoms with Crippen molar-refractivity contribution in [2.24, 2.45) is 17.8 Å². The fraction of sp³-hybridized carbons (Fsp3) is 0.846. The summed E-state index contributed by atoms with van der Waals surface area (Å²) in [4.78, 5) is 4.01. The molecule has 4 fully saturated rings. The Morgan fingerprint density at radius 3 is 2.11 bits per heavy atom. The highest BCUT2D eigenvalue weighted by Crippen LogP contribution is 2.58. The average Bonchev–Trinajstić information content (AvgIpc) is 2.75. The van der Waals surface area contributed by atoms with Crippen molar-refractivity contribution in [1.29, 1.82) is 0 Å². The minimum atomic E-state index is -3.30. The molecule has 4 aliphatic rings. The van der Waals surface area contributed by atoms with Crippen LogP contribution in [0.5, 0.6) is 0 Å². The molecule has 4 bridgehead atoms. The second kappa shape index (κ2) is 3.59. The van der Waals surface area contributed by atoms with Crippen LogP contribution in [-0.2, 0) is 15.4 Å². The summed E-state index contributed by atoms with van der Waals surface area (Å²) in [6.45, 7) is 0. The molecular formula is C13H19N3O2S. The van der Waals surface area contributed by atoms with E-state index < -0.39 is 9.84 Å². The Labute approximate surface area is 113 Å². The summed E-state index contributed by atoms with van der Waals surface area (Å²) < 4.78 is 25.0. The van der Waals surface area contributed by atoms with E-state index in [0.717, 1.165) is 37.0 Å². The van der Waals surface area contributed by atoms with Crippen LogP contribution < -0.4 is 0 Å². The molecule has 4 saturated carbocycles. The highest BCUT2D eigenvalue weighted by atomic mass is 32.2. The molecule has 0 amide bonds. The third kappa shape index (κ3) is 1.75. The summed E-state index contributed by atoms with van der Waals surface area (Å²) in [6.07, 6.45) is 10.4. The molecule has 0 aromatic carbocycles. The first-order valence-corrected chi connectivity index (χ1v) is 8.96. The van der Waals surface area contributed by atoms with Crippen LogP contribution in [-0.4, -0.2) is 29.4 Å². The quantitative estimate of drug-likeness (QED) is 0.826. The topological polar surface area (TPSA) is 64.8 Å². The van der Waals surface area contributed by atoms with Gasteiger partial charge in [0.25, 0.3) is 5.16 Å². The van der Waals surface area contributed by atoms with E-state index in [4.69, 9.17) is 0 Å². The zero-order valence-corrected chi connectivity index (χ0v) is 11.9. The largest absolute Gasteiger partial charge is 0.266 e. The van der Waals surface area contributed by atoms with E-state index in [0.29, 0.717) is 0 Å². The maximum absolute atomic E-state index is 11.5. The van der Waals surface area contributed by atoms with Crippen molar-refractivity contribution in [3.05, 3.63) is 6.33 Å². The van der Waals surface area contributed by atoms with Crippen molar-refractivity contribution < 1.29 is 8.42 Å². The van der Waals surface area contributed by atoms with E-state index in [2.05, 4.69) is 10.1 Å². The number of aromatic nitrogens is 3. The van der Waals surface area contributed by atoms with Crippen LogP contribution in [0.2, 0.25) is 0 Å². The van der Waals surface area contributed by atoms with Gasteiger partial charge in [-0.2, -0.15) is 0 Å². The maximum atomic E-state index is 11.5. The number of sulfone groups is 1. The van der Waals surface area contributed by atoms with E-state index in [9.17, 15) is 8.42 Å². The molecule has 1 aromatic heterocycles. The average molecular weight is 281 g/mol. The lowest BCUT2D eigenvalue weighted by molar-refractivity contribution is -0.0500. The number of rotatable bonds is 2. The Hall–Kier alpha value is -0.910. The van der Waals surface area contributed by atoms with Crippen molar-refractivity contribution in [2.75, 3.05) is 6.26 Å². The molecule has 5 nitrogen and oxygen atoms in total. The van der Waals surface area contributed by atoms with Gasteiger partial charge in [0.05, 0.1) is 5.54 Å². The molecule has 19 heavy (non-hydrogen) atoms. The van der Waals surface area contributed by atoms with E-state index in [1.54, 1.807) is 6.33 Å². The van der Waals surface area contributed by atoms with Crippen LogP contribution in [0.4, 0.5) is 0 Å². The summed E-state index contributed by atoms with van der Waals surface area (Å²) in [5.41, 5.74) is 0.0602. The van der Waals surface area contributed by atoms with Gasteiger partial charge in [-0.3, -0.25) is 0 Å². The molecule has 0 unspecified atom stereocenters. The first kappa shape index (κ1) is 11.9. The van der Waals surface area contributed by atoms with Crippen LogP contribution >= 0.6 is 0 Å². The molecule has 104 valence electrons. The van der Waals surface area contributed by atoms with Crippen molar-refractivity contribution in [1.82, 2.24) is 14.8 Å². The third-order valence-electron chi connectivity index (χ3n) is 5.29. The number of hydrogen-bond donors (Lipinski definition) is 0. The van der Waals surface area contributed by atoms with Gasteiger partial charge in [-0.15, -0.1) is 5.10 Å². The van der Waals surface area contributed by atoms with Crippen LogP contribution in [0.25, 0.3) is 0 Å². The predicted molar refractivity (Wildman–Crippen MR) is 69.3 cm³/mol. The maximum Gasteiger partial charge on any atom is 0.266 e. The van der Waals surface area contributed by atoms with Gasteiger partial charge in [-0.25, -0.2) is 18.1 Å². The van der Waals surface area contributed by atoms with Crippen molar-refractivity contribution in [3.63, 3.8) is 0 Å². The van der Waals surface area contributed by atoms with Gasteiger partial charge in [-0.05, 0) is 56.3 Å². The standard InChI is InChI=1S/C13H19N3O2S/c1-19(17,18)12-14-8-16(15-12)13-5-9-2-10(6-13)4-11(3-9)7-13/h8-11H,2-7H2,1H3. The van der Waals surface area contributed by atoms with Crippen molar-refractivity contribution >= 4 is 9.84 Å². The molecular weight excluding hydrogens is 262 g/mol. The van der Waals surface area contributed by atoms with Crippen molar-refractivity contribution in [3.8, 4) is 0 Å². The van der Waals surface area contributed by atoms with Gasteiger partial charge in [0.2, 0.25) is 9.84 Å². The molecule has 0 saturated heterocycles. The van der Waals surface area contributed by atoms with E-state index in [1.165, 1.54) is 25.5 Å². The normalized spacial score (nSPS) is 40.8. The molecule has 0 aliphatic heterocycles. The van der Waals surface area contributed by atoms with Crippen LogP contribution in [0, 0.1) is 17.8 Å². The fourth-order valence-electron chi connectivity index (χ4n) is 4.99. The molecule has 6 heteroatoms. The highest BCUT2D eigenvalue weighted by molar-refractivity contribution is 7.90. The van der Waals surface area contributed by atoms with E-state index in [1.807, 2.05) is 4.68 Å². The van der Waals surface area contributed by atoms with Gasteiger partial charge >= 0.3 is 0 Å².